The molecule has 1 aliphatic rings. The summed E-state index contributed by atoms with van der Waals surface area (Å²) in [4.78, 5) is 17.7. The lowest BCUT2D eigenvalue weighted by molar-refractivity contribution is -0.133. The second kappa shape index (κ2) is 9.98. The molecule has 152 valence electrons. The van der Waals surface area contributed by atoms with E-state index in [2.05, 4.69) is 15.7 Å². The number of rotatable bonds is 6. The Balaban J connectivity index is 1.85. The molecule has 2 atom stereocenters. The number of carbonyl (C=O) groups is 1. The number of amidine groups is 1. The van der Waals surface area contributed by atoms with Gasteiger partial charge in [-0.15, -0.1) is 0 Å². The number of aliphatic imine (C=N–C) groups is 1. The van der Waals surface area contributed by atoms with Crippen molar-refractivity contribution >= 4 is 17.4 Å². The Morgan fingerprint density at radius 2 is 2.11 bits per heavy atom. The number of carbonyl (C=O) groups excluding carboxylic acids is 1. The van der Waals surface area contributed by atoms with E-state index in [1.807, 2.05) is 11.0 Å². The maximum atomic E-state index is 13.3. The molecule has 0 aliphatic carbocycles. The molecule has 0 aromatic heterocycles. The minimum atomic E-state index is -1.69. The Kier molecular flexibility index (Phi) is 7.69. The number of hydrogen-bond donors (Lipinski definition) is 5. The van der Waals surface area contributed by atoms with Gasteiger partial charge in [-0.2, -0.15) is 5.26 Å². The first-order valence-corrected chi connectivity index (χ1v) is 8.93. The second-order valence-electron chi connectivity index (χ2n) is 6.59. The molecular weight excluding hydrogens is 367 g/mol. The second-order valence-corrected chi connectivity index (χ2v) is 6.59. The largest absolute Gasteiger partial charge is 0.382 e. The van der Waals surface area contributed by atoms with Crippen LogP contribution in [0.4, 0.5) is 10.1 Å². The van der Waals surface area contributed by atoms with Gasteiger partial charge in [0.1, 0.15) is 23.8 Å². The van der Waals surface area contributed by atoms with Gasteiger partial charge in [0.25, 0.3) is 5.91 Å². The van der Waals surface area contributed by atoms with Crippen molar-refractivity contribution in [2.24, 2.45) is 16.8 Å². The van der Waals surface area contributed by atoms with Crippen molar-refractivity contribution in [2.75, 3.05) is 31.6 Å². The number of nitrogens with zero attached hydrogens (tertiary/aromatic N) is 3. The van der Waals surface area contributed by atoms with Crippen LogP contribution < -0.4 is 21.5 Å². The number of hydrogen-bond acceptors (Lipinski definition) is 7. The Morgan fingerprint density at radius 1 is 1.43 bits per heavy atom. The molecule has 1 fully saturated rings. The molecule has 0 spiro atoms. The van der Waals surface area contributed by atoms with Crippen molar-refractivity contribution in [1.29, 1.82) is 5.26 Å². The van der Waals surface area contributed by atoms with Crippen LogP contribution in [0.3, 0.4) is 0 Å². The number of nitrogens with one attached hydrogen (secondary N) is 2. The molecular formula is C18H25FN6O3. The van der Waals surface area contributed by atoms with Gasteiger partial charge in [0.05, 0.1) is 11.3 Å². The molecule has 1 amide bonds. The van der Waals surface area contributed by atoms with Crippen LogP contribution >= 0.6 is 0 Å². The quantitative estimate of drug-likeness (QED) is 0.185. The summed E-state index contributed by atoms with van der Waals surface area (Å²) in [5, 5.41) is 31.6. The van der Waals surface area contributed by atoms with E-state index in [4.69, 9.17) is 5.84 Å². The molecule has 0 bridgehead atoms. The summed E-state index contributed by atoms with van der Waals surface area (Å²) in [7, 11) is 1.37. The van der Waals surface area contributed by atoms with Crippen molar-refractivity contribution < 1.29 is 19.4 Å². The third-order valence-electron chi connectivity index (χ3n) is 4.84. The van der Waals surface area contributed by atoms with Crippen molar-refractivity contribution in [3.05, 3.63) is 29.6 Å². The molecule has 1 aliphatic heterocycles. The summed E-state index contributed by atoms with van der Waals surface area (Å²) in [6.45, 7) is 1.67. The summed E-state index contributed by atoms with van der Waals surface area (Å²) >= 11 is 0. The van der Waals surface area contributed by atoms with E-state index in [0.29, 0.717) is 30.9 Å². The van der Waals surface area contributed by atoms with E-state index in [1.54, 1.807) is 6.07 Å². The molecule has 9 nitrogen and oxygen atoms in total. The molecule has 1 aromatic carbocycles. The first-order valence-electron chi connectivity index (χ1n) is 8.93. The number of aliphatic hydroxyl groups is 2. The summed E-state index contributed by atoms with van der Waals surface area (Å²) < 4.78 is 13.3. The average Bonchev–Trinajstić information content (AvgIpc) is 2.72. The van der Waals surface area contributed by atoms with E-state index in [9.17, 15) is 24.7 Å². The van der Waals surface area contributed by atoms with E-state index in [0.717, 1.165) is 12.8 Å². The Hall–Kier alpha value is -2.74. The number of halogens is 1. The van der Waals surface area contributed by atoms with Gasteiger partial charge in [0, 0.05) is 26.7 Å². The smallest absolute Gasteiger partial charge is 0.252 e. The Bertz CT molecular complexity index is 758. The monoisotopic (exact) mass is 392 g/mol. The predicted molar refractivity (Wildman–Crippen MR) is 102 cm³/mol. The highest BCUT2D eigenvalue weighted by Gasteiger charge is 2.29. The summed E-state index contributed by atoms with van der Waals surface area (Å²) in [6, 6.07) is 6.17. The van der Waals surface area contributed by atoms with Gasteiger partial charge >= 0.3 is 0 Å². The third-order valence-corrected chi connectivity index (χ3v) is 4.84. The fraction of sp³-hybridized carbons (Fsp3) is 0.500. The SMILES string of the molecule is CN=C(NN)[C@H](O)[C@@H](O)C(=O)NCC1CCN(c2ccc(F)cc2C#N)CC1. The molecule has 0 radical (unpaired) electrons. The summed E-state index contributed by atoms with van der Waals surface area (Å²) in [5.74, 6) is 4.11. The molecule has 1 aromatic rings. The lowest BCUT2D eigenvalue weighted by Gasteiger charge is -2.34. The van der Waals surface area contributed by atoms with Crippen LogP contribution in [-0.2, 0) is 4.79 Å². The zero-order valence-electron chi connectivity index (χ0n) is 15.6. The van der Waals surface area contributed by atoms with Gasteiger partial charge in [-0.3, -0.25) is 9.79 Å². The number of nitrogens with two attached hydrogens (primary N) is 1. The van der Waals surface area contributed by atoms with E-state index in [1.165, 1.54) is 19.2 Å². The van der Waals surface area contributed by atoms with Crippen molar-refractivity contribution in [1.82, 2.24) is 10.7 Å². The van der Waals surface area contributed by atoms with Gasteiger partial charge in [-0.25, -0.2) is 10.2 Å². The summed E-state index contributed by atoms with van der Waals surface area (Å²) in [5.41, 5.74) is 3.13. The molecule has 6 N–H and O–H groups in total. The molecule has 2 rings (SSSR count). The fourth-order valence-corrected chi connectivity index (χ4v) is 3.18. The van der Waals surface area contributed by atoms with Crippen LogP contribution in [0.1, 0.15) is 18.4 Å². The van der Waals surface area contributed by atoms with Crippen molar-refractivity contribution in [2.45, 2.75) is 25.0 Å². The van der Waals surface area contributed by atoms with Crippen LogP contribution in [-0.4, -0.2) is 60.8 Å². The molecule has 1 saturated heterocycles. The first kappa shape index (κ1) is 21.6. The number of hydrazine groups is 1. The van der Waals surface area contributed by atoms with Gasteiger partial charge in [-0.1, -0.05) is 0 Å². The van der Waals surface area contributed by atoms with Crippen LogP contribution in [0.5, 0.6) is 0 Å². The summed E-state index contributed by atoms with van der Waals surface area (Å²) in [6.07, 6.45) is -1.72. The maximum absolute atomic E-state index is 13.3. The number of benzene rings is 1. The standard InChI is InChI=1S/C18H25FN6O3/c1-22-17(24-21)15(26)16(27)18(28)23-10-11-4-6-25(7-5-11)14-3-2-13(19)8-12(14)9-20/h2-3,8,11,15-16,26-27H,4-7,10,21H2,1H3,(H,22,24)(H,23,28)/t15-,16-/m1/s1. The van der Waals surface area contributed by atoms with E-state index in [-0.39, 0.29) is 11.8 Å². The molecule has 10 heteroatoms. The molecule has 1 heterocycles. The highest BCUT2D eigenvalue weighted by Crippen LogP contribution is 2.26. The molecule has 28 heavy (non-hydrogen) atoms. The van der Waals surface area contributed by atoms with Gasteiger partial charge in [0.2, 0.25) is 0 Å². The minimum absolute atomic E-state index is 0.0939. The highest BCUT2D eigenvalue weighted by atomic mass is 19.1. The molecule has 0 saturated carbocycles. The van der Waals surface area contributed by atoms with Gasteiger partial charge in [0.15, 0.2) is 6.10 Å². The molecule has 0 unspecified atom stereocenters. The van der Waals surface area contributed by atoms with Crippen LogP contribution in [0, 0.1) is 23.1 Å². The lowest BCUT2D eigenvalue weighted by Crippen LogP contribution is -2.52. The zero-order valence-corrected chi connectivity index (χ0v) is 15.6. The predicted octanol–water partition coefficient (Wildman–Crippen LogP) is -0.757. The van der Waals surface area contributed by atoms with Gasteiger partial charge < -0.3 is 25.9 Å². The topological polar surface area (TPSA) is 147 Å². The van der Waals surface area contributed by atoms with E-state index < -0.39 is 23.9 Å². The fourth-order valence-electron chi connectivity index (χ4n) is 3.18. The number of piperidine rings is 1. The van der Waals surface area contributed by atoms with Crippen LogP contribution in [0.15, 0.2) is 23.2 Å². The number of anilines is 1. The normalized spacial score (nSPS) is 17.6. The number of amides is 1. The minimum Gasteiger partial charge on any atom is -0.382 e. The lowest BCUT2D eigenvalue weighted by atomic mass is 9.95. The van der Waals surface area contributed by atoms with E-state index >= 15 is 0 Å². The number of nitriles is 1. The van der Waals surface area contributed by atoms with Crippen molar-refractivity contribution in [3.8, 4) is 6.07 Å². The number of aliphatic hydroxyl groups excluding tert-OH is 2. The maximum Gasteiger partial charge on any atom is 0.252 e. The van der Waals surface area contributed by atoms with Crippen LogP contribution in [0.25, 0.3) is 0 Å². The highest BCUT2D eigenvalue weighted by molar-refractivity contribution is 5.93. The Morgan fingerprint density at radius 3 is 2.68 bits per heavy atom. The first-order chi connectivity index (χ1) is 13.4. The van der Waals surface area contributed by atoms with Crippen molar-refractivity contribution in [3.63, 3.8) is 0 Å². The van der Waals surface area contributed by atoms with Gasteiger partial charge in [-0.05, 0) is 37.0 Å². The average molecular weight is 392 g/mol. The third kappa shape index (κ3) is 5.16. The zero-order chi connectivity index (χ0) is 20.7. The van der Waals surface area contributed by atoms with Crippen LogP contribution in [0.2, 0.25) is 0 Å². The Labute approximate surface area is 162 Å².